The number of amides is 1. The van der Waals surface area contributed by atoms with Crippen LogP contribution in [0.3, 0.4) is 0 Å². The number of hydrogen-bond acceptors (Lipinski definition) is 4. The highest BCUT2D eigenvalue weighted by Gasteiger charge is 2.14. The summed E-state index contributed by atoms with van der Waals surface area (Å²) in [6.07, 6.45) is 0.928. The first-order chi connectivity index (χ1) is 15.1. The van der Waals surface area contributed by atoms with Crippen molar-refractivity contribution in [2.45, 2.75) is 20.3 Å². The lowest BCUT2D eigenvalue weighted by Crippen LogP contribution is -2.16. The molecule has 0 bridgehead atoms. The number of carbonyl (C=O) groups is 1. The standard InChI is InChI=1S/C26H29NO4/c1-20(2)16-17-30-24-14-8-6-12-22(24)26(28)27-23-13-7-9-15-25(23)31-19-18-29-21-10-4-3-5-11-21/h3-15,20H,16-19H2,1-2H3,(H,27,28). The van der Waals surface area contributed by atoms with Crippen LogP contribution in [-0.4, -0.2) is 25.7 Å². The molecule has 0 aliphatic heterocycles. The van der Waals surface area contributed by atoms with Crippen LogP contribution >= 0.6 is 0 Å². The monoisotopic (exact) mass is 419 g/mol. The van der Waals surface area contributed by atoms with E-state index >= 15 is 0 Å². The van der Waals surface area contributed by atoms with Crippen LogP contribution in [0.15, 0.2) is 78.9 Å². The summed E-state index contributed by atoms with van der Waals surface area (Å²) < 4.78 is 17.4. The summed E-state index contributed by atoms with van der Waals surface area (Å²) in [6.45, 7) is 5.62. The van der Waals surface area contributed by atoms with Gasteiger partial charge in [-0.3, -0.25) is 4.79 Å². The summed E-state index contributed by atoms with van der Waals surface area (Å²) in [7, 11) is 0. The Morgan fingerprint density at radius 2 is 1.35 bits per heavy atom. The molecule has 0 radical (unpaired) electrons. The molecule has 1 amide bonds. The molecule has 0 saturated heterocycles. The van der Waals surface area contributed by atoms with Crippen molar-refractivity contribution in [3.63, 3.8) is 0 Å². The van der Waals surface area contributed by atoms with Gasteiger partial charge in [0.15, 0.2) is 0 Å². The van der Waals surface area contributed by atoms with Crippen LogP contribution in [0, 0.1) is 5.92 Å². The number of carbonyl (C=O) groups excluding carboxylic acids is 1. The third-order valence-corrected chi connectivity index (χ3v) is 4.57. The third-order valence-electron chi connectivity index (χ3n) is 4.57. The number of rotatable bonds is 11. The molecule has 0 spiro atoms. The van der Waals surface area contributed by atoms with Gasteiger partial charge in [-0.15, -0.1) is 0 Å². The fourth-order valence-electron chi connectivity index (χ4n) is 2.90. The van der Waals surface area contributed by atoms with Crippen molar-refractivity contribution in [1.82, 2.24) is 0 Å². The predicted molar refractivity (Wildman–Crippen MR) is 123 cm³/mol. The minimum atomic E-state index is -0.239. The van der Waals surface area contributed by atoms with Crippen molar-refractivity contribution in [3.8, 4) is 17.2 Å². The van der Waals surface area contributed by atoms with E-state index < -0.39 is 0 Å². The maximum absolute atomic E-state index is 12.9. The Morgan fingerprint density at radius 1 is 0.742 bits per heavy atom. The summed E-state index contributed by atoms with van der Waals surface area (Å²) in [5.74, 6) is 2.26. The molecule has 0 atom stereocenters. The highest BCUT2D eigenvalue weighted by Crippen LogP contribution is 2.26. The lowest BCUT2D eigenvalue weighted by molar-refractivity contribution is 0.102. The van der Waals surface area contributed by atoms with Crippen molar-refractivity contribution in [2.24, 2.45) is 5.92 Å². The summed E-state index contributed by atoms with van der Waals surface area (Å²) >= 11 is 0. The third kappa shape index (κ3) is 7.07. The van der Waals surface area contributed by atoms with Gasteiger partial charge >= 0.3 is 0 Å². The molecule has 0 aromatic heterocycles. The average molecular weight is 420 g/mol. The lowest BCUT2D eigenvalue weighted by Gasteiger charge is -2.15. The minimum Gasteiger partial charge on any atom is -0.493 e. The number of hydrogen-bond donors (Lipinski definition) is 1. The highest BCUT2D eigenvalue weighted by molar-refractivity contribution is 6.06. The number of anilines is 1. The molecular weight excluding hydrogens is 390 g/mol. The molecule has 0 unspecified atom stereocenters. The van der Waals surface area contributed by atoms with Crippen molar-refractivity contribution < 1.29 is 19.0 Å². The molecular formula is C26H29NO4. The first kappa shape index (κ1) is 22.2. The normalized spacial score (nSPS) is 10.5. The van der Waals surface area contributed by atoms with E-state index in [0.717, 1.165) is 12.2 Å². The van der Waals surface area contributed by atoms with E-state index in [1.165, 1.54) is 0 Å². The quantitative estimate of drug-likeness (QED) is 0.398. The number of ether oxygens (including phenoxy) is 3. The van der Waals surface area contributed by atoms with E-state index in [4.69, 9.17) is 14.2 Å². The van der Waals surface area contributed by atoms with E-state index in [0.29, 0.717) is 48.5 Å². The van der Waals surface area contributed by atoms with Crippen LogP contribution in [0.2, 0.25) is 0 Å². The Balaban J connectivity index is 1.59. The maximum atomic E-state index is 12.9. The number of nitrogens with one attached hydrogen (secondary N) is 1. The lowest BCUT2D eigenvalue weighted by atomic mass is 10.1. The van der Waals surface area contributed by atoms with Gasteiger partial charge in [-0.05, 0) is 48.7 Å². The Kier molecular flexibility index (Phi) is 8.35. The van der Waals surface area contributed by atoms with Crippen LogP contribution in [-0.2, 0) is 0 Å². The molecule has 5 nitrogen and oxygen atoms in total. The van der Waals surface area contributed by atoms with Gasteiger partial charge in [0.25, 0.3) is 5.91 Å². The van der Waals surface area contributed by atoms with Gasteiger partial charge in [-0.25, -0.2) is 0 Å². The van der Waals surface area contributed by atoms with Crippen LogP contribution in [0.1, 0.15) is 30.6 Å². The Morgan fingerprint density at radius 3 is 2.13 bits per heavy atom. The topological polar surface area (TPSA) is 56.8 Å². The van der Waals surface area contributed by atoms with Gasteiger partial charge < -0.3 is 19.5 Å². The fraction of sp³-hybridized carbons (Fsp3) is 0.269. The fourth-order valence-corrected chi connectivity index (χ4v) is 2.90. The SMILES string of the molecule is CC(C)CCOc1ccccc1C(=O)Nc1ccccc1OCCOc1ccccc1. The zero-order valence-corrected chi connectivity index (χ0v) is 18.0. The summed E-state index contributed by atoms with van der Waals surface area (Å²) in [6, 6.07) is 24.2. The van der Waals surface area contributed by atoms with Gasteiger partial charge in [0.1, 0.15) is 30.5 Å². The van der Waals surface area contributed by atoms with E-state index in [1.54, 1.807) is 6.07 Å². The summed E-state index contributed by atoms with van der Waals surface area (Å²) in [4.78, 5) is 12.9. The first-order valence-corrected chi connectivity index (χ1v) is 10.6. The molecule has 162 valence electrons. The van der Waals surface area contributed by atoms with Crippen LogP contribution in [0.5, 0.6) is 17.2 Å². The van der Waals surface area contributed by atoms with Gasteiger partial charge in [-0.2, -0.15) is 0 Å². The summed E-state index contributed by atoms with van der Waals surface area (Å²) in [5, 5.41) is 2.94. The molecule has 5 heteroatoms. The zero-order valence-electron chi connectivity index (χ0n) is 18.0. The van der Waals surface area contributed by atoms with Crippen molar-refractivity contribution in [1.29, 1.82) is 0 Å². The second kappa shape index (κ2) is 11.6. The van der Waals surface area contributed by atoms with E-state index in [2.05, 4.69) is 19.2 Å². The second-order valence-corrected chi connectivity index (χ2v) is 7.49. The second-order valence-electron chi connectivity index (χ2n) is 7.49. The molecule has 3 aromatic carbocycles. The molecule has 0 fully saturated rings. The Hall–Kier alpha value is -3.47. The van der Waals surface area contributed by atoms with Gasteiger partial charge in [0.05, 0.1) is 17.9 Å². The molecule has 3 rings (SSSR count). The summed E-state index contributed by atoms with van der Waals surface area (Å²) in [5.41, 5.74) is 1.10. The molecule has 3 aromatic rings. The highest BCUT2D eigenvalue weighted by atomic mass is 16.5. The van der Waals surface area contributed by atoms with E-state index in [-0.39, 0.29) is 5.91 Å². The largest absolute Gasteiger partial charge is 0.493 e. The molecule has 0 aliphatic carbocycles. The maximum Gasteiger partial charge on any atom is 0.259 e. The predicted octanol–water partition coefficient (Wildman–Crippen LogP) is 5.82. The van der Waals surface area contributed by atoms with Crippen molar-refractivity contribution >= 4 is 11.6 Å². The number of benzene rings is 3. The van der Waals surface area contributed by atoms with Crippen molar-refractivity contribution in [2.75, 3.05) is 25.1 Å². The van der Waals surface area contributed by atoms with Crippen LogP contribution in [0.25, 0.3) is 0 Å². The van der Waals surface area contributed by atoms with Gasteiger partial charge in [-0.1, -0.05) is 56.3 Å². The van der Waals surface area contributed by atoms with Gasteiger partial charge in [0.2, 0.25) is 0 Å². The smallest absolute Gasteiger partial charge is 0.259 e. The molecule has 0 saturated carbocycles. The minimum absolute atomic E-state index is 0.239. The molecule has 0 heterocycles. The van der Waals surface area contributed by atoms with E-state index in [1.807, 2.05) is 72.8 Å². The van der Waals surface area contributed by atoms with Gasteiger partial charge in [0, 0.05) is 0 Å². The van der Waals surface area contributed by atoms with Crippen LogP contribution in [0.4, 0.5) is 5.69 Å². The molecule has 0 aliphatic rings. The Bertz CT molecular complexity index is 956. The van der Waals surface area contributed by atoms with E-state index in [9.17, 15) is 4.79 Å². The first-order valence-electron chi connectivity index (χ1n) is 10.6. The number of para-hydroxylation sites is 4. The molecule has 1 N–H and O–H groups in total. The average Bonchev–Trinajstić information content (AvgIpc) is 2.78. The van der Waals surface area contributed by atoms with Crippen molar-refractivity contribution in [3.05, 3.63) is 84.4 Å². The Labute approximate surface area is 184 Å². The van der Waals surface area contributed by atoms with Crippen LogP contribution < -0.4 is 19.5 Å². The molecule has 31 heavy (non-hydrogen) atoms. The zero-order chi connectivity index (χ0) is 21.9.